The van der Waals surface area contributed by atoms with E-state index in [2.05, 4.69) is 12.2 Å². The molecule has 3 N–H and O–H groups in total. The Morgan fingerprint density at radius 1 is 1.44 bits per heavy atom. The molecule has 1 atom stereocenters. The molecule has 1 aromatic rings. The van der Waals surface area contributed by atoms with Crippen molar-refractivity contribution >= 4 is 5.91 Å². The zero-order valence-electron chi connectivity index (χ0n) is 10.9. The molecule has 1 heterocycles. The van der Waals surface area contributed by atoms with Crippen molar-refractivity contribution in [2.24, 2.45) is 11.7 Å². The van der Waals surface area contributed by atoms with Crippen LogP contribution in [-0.2, 0) is 6.54 Å². The SMILES string of the molecule is CC(NC(=O)c1ccc(CN)o1)C1CCCCC1. The molecule has 4 nitrogen and oxygen atoms in total. The van der Waals surface area contributed by atoms with E-state index in [-0.39, 0.29) is 11.9 Å². The van der Waals surface area contributed by atoms with Gasteiger partial charge in [0.25, 0.3) is 5.91 Å². The second kappa shape index (κ2) is 6.05. The van der Waals surface area contributed by atoms with Gasteiger partial charge in [0.15, 0.2) is 5.76 Å². The fourth-order valence-electron chi connectivity index (χ4n) is 2.64. The first kappa shape index (κ1) is 13.1. The second-order valence-corrected chi connectivity index (χ2v) is 5.13. The summed E-state index contributed by atoms with van der Waals surface area (Å²) in [6.07, 6.45) is 6.32. The first-order valence-corrected chi connectivity index (χ1v) is 6.80. The third-order valence-electron chi connectivity index (χ3n) is 3.80. The lowest BCUT2D eigenvalue weighted by molar-refractivity contribution is 0.0889. The molecule has 0 spiro atoms. The minimum absolute atomic E-state index is 0.132. The molecular weight excluding hydrogens is 228 g/mol. The van der Waals surface area contributed by atoms with Gasteiger partial charge in [-0.1, -0.05) is 19.3 Å². The maximum atomic E-state index is 12.0. The lowest BCUT2D eigenvalue weighted by Gasteiger charge is -2.27. The van der Waals surface area contributed by atoms with E-state index < -0.39 is 0 Å². The number of amides is 1. The predicted molar refractivity (Wildman–Crippen MR) is 70.1 cm³/mol. The second-order valence-electron chi connectivity index (χ2n) is 5.13. The van der Waals surface area contributed by atoms with Crippen molar-refractivity contribution in [1.82, 2.24) is 5.32 Å². The van der Waals surface area contributed by atoms with Gasteiger partial charge in [0, 0.05) is 6.04 Å². The van der Waals surface area contributed by atoms with E-state index >= 15 is 0 Å². The van der Waals surface area contributed by atoms with E-state index in [4.69, 9.17) is 10.2 Å². The van der Waals surface area contributed by atoms with E-state index in [1.54, 1.807) is 12.1 Å². The van der Waals surface area contributed by atoms with Crippen LogP contribution in [0.15, 0.2) is 16.5 Å². The van der Waals surface area contributed by atoms with Gasteiger partial charge in [-0.3, -0.25) is 4.79 Å². The van der Waals surface area contributed by atoms with Crippen molar-refractivity contribution in [3.05, 3.63) is 23.7 Å². The molecule has 1 unspecified atom stereocenters. The van der Waals surface area contributed by atoms with Crippen LogP contribution in [-0.4, -0.2) is 11.9 Å². The van der Waals surface area contributed by atoms with Gasteiger partial charge in [0.1, 0.15) is 5.76 Å². The Kier molecular flexibility index (Phi) is 4.42. The predicted octanol–water partition coefficient (Wildman–Crippen LogP) is 2.44. The summed E-state index contributed by atoms with van der Waals surface area (Å²) in [5.41, 5.74) is 5.46. The largest absolute Gasteiger partial charge is 0.455 e. The maximum Gasteiger partial charge on any atom is 0.287 e. The average Bonchev–Trinajstić information content (AvgIpc) is 2.88. The molecule has 18 heavy (non-hydrogen) atoms. The summed E-state index contributed by atoms with van der Waals surface area (Å²) < 4.78 is 5.35. The highest BCUT2D eigenvalue weighted by molar-refractivity contribution is 5.91. The molecule has 1 fully saturated rings. The summed E-state index contributed by atoms with van der Waals surface area (Å²) >= 11 is 0. The summed E-state index contributed by atoms with van der Waals surface area (Å²) in [5, 5.41) is 3.03. The summed E-state index contributed by atoms with van der Waals surface area (Å²) in [7, 11) is 0. The molecule has 1 aromatic heterocycles. The number of carbonyl (C=O) groups excluding carboxylic acids is 1. The highest BCUT2D eigenvalue weighted by Crippen LogP contribution is 2.26. The number of hydrogen-bond donors (Lipinski definition) is 2. The van der Waals surface area contributed by atoms with Crippen molar-refractivity contribution in [3.63, 3.8) is 0 Å². The van der Waals surface area contributed by atoms with Crippen LogP contribution in [0.25, 0.3) is 0 Å². The molecule has 100 valence electrons. The zero-order chi connectivity index (χ0) is 13.0. The van der Waals surface area contributed by atoms with E-state index in [1.165, 1.54) is 32.1 Å². The Morgan fingerprint density at radius 3 is 2.78 bits per heavy atom. The number of furan rings is 1. The minimum atomic E-state index is -0.132. The van der Waals surface area contributed by atoms with Crippen LogP contribution in [0, 0.1) is 5.92 Å². The summed E-state index contributed by atoms with van der Waals surface area (Å²) in [4.78, 5) is 12.0. The number of carbonyl (C=O) groups is 1. The normalized spacial score (nSPS) is 18.6. The molecule has 2 rings (SSSR count). The first-order valence-electron chi connectivity index (χ1n) is 6.80. The van der Waals surface area contributed by atoms with E-state index in [0.717, 1.165) is 0 Å². The molecular formula is C14H22N2O2. The molecule has 0 radical (unpaired) electrons. The van der Waals surface area contributed by atoms with Crippen LogP contribution in [0.3, 0.4) is 0 Å². The molecule has 0 aromatic carbocycles. The average molecular weight is 250 g/mol. The third kappa shape index (κ3) is 3.13. The topological polar surface area (TPSA) is 68.3 Å². The Labute approximate surface area is 108 Å². The van der Waals surface area contributed by atoms with Gasteiger partial charge in [0.2, 0.25) is 0 Å². The Hall–Kier alpha value is -1.29. The van der Waals surface area contributed by atoms with Gasteiger partial charge in [-0.15, -0.1) is 0 Å². The van der Waals surface area contributed by atoms with Crippen molar-refractivity contribution in [1.29, 1.82) is 0 Å². The van der Waals surface area contributed by atoms with Crippen LogP contribution < -0.4 is 11.1 Å². The summed E-state index contributed by atoms with van der Waals surface area (Å²) in [6, 6.07) is 3.65. The Morgan fingerprint density at radius 2 is 2.17 bits per heavy atom. The maximum absolute atomic E-state index is 12.0. The molecule has 4 heteroatoms. The van der Waals surface area contributed by atoms with Crippen LogP contribution in [0.2, 0.25) is 0 Å². The molecule has 0 aliphatic heterocycles. The fourth-order valence-corrected chi connectivity index (χ4v) is 2.64. The molecule has 0 saturated heterocycles. The lowest BCUT2D eigenvalue weighted by atomic mass is 9.84. The standard InChI is InChI=1S/C14H22N2O2/c1-10(11-5-3-2-4-6-11)16-14(17)13-8-7-12(9-15)18-13/h7-8,10-11H,2-6,9,15H2,1H3,(H,16,17). The van der Waals surface area contributed by atoms with Crippen LogP contribution in [0.5, 0.6) is 0 Å². The highest BCUT2D eigenvalue weighted by atomic mass is 16.4. The molecule has 1 aliphatic rings. The van der Waals surface area contributed by atoms with Crippen molar-refractivity contribution < 1.29 is 9.21 Å². The van der Waals surface area contributed by atoms with E-state index in [0.29, 0.717) is 24.0 Å². The molecule has 1 amide bonds. The van der Waals surface area contributed by atoms with Crippen LogP contribution in [0.1, 0.15) is 55.3 Å². The van der Waals surface area contributed by atoms with Crippen molar-refractivity contribution in [2.45, 2.75) is 51.6 Å². The smallest absolute Gasteiger partial charge is 0.287 e. The fraction of sp³-hybridized carbons (Fsp3) is 0.643. The van der Waals surface area contributed by atoms with Crippen molar-refractivity contribution in [3.8, 4) is 0 Å². The van der Waals surface area contributed by atoms with Crippen molar-refractivity contribution in [2.75, 3.05) is 0 Å². The van der Waals surface area contributed by atoms with E-state index in [9.17, 15) is 4.79 Å². The molecule has 1 saturated carbocycles. The number of rotatable bonds is 4. The summed E-state index contributed by atoms with van der Waals surface area (Å²) in [6.45, 7) is 2.41. The van der Waals surface area contributed by atoms with Crippen LogP contribution in [0.4, 0.5) is 0 Å². The lowest BCUT2D eigenvalue weighted by Crippen LogP contribution is -2.38. The third-order valence-corrected chi connectivity index (χ3v) is 3.80. The number of nitrogens with two attached hydrogens (primary N) is 1. The van der Waals surface area contributed by atoms with Gasteiger partial charge >= 0.3 is 0 Å². The van der Waals surface area contributed by atoms with Gasteiger partial charge in [-0.25, -0.2) is 0 Å². The van der Waals surface area contributed by atoms with Gasteiger partial charge in [-0.05, 0) is 37.8 Å². The zero-order valence-corrected chi connectivity index (χ0v) is 10.9. The molecule has 0 bridgehead atoms. The quantitative estimate of drug-likeness (QED) is 0.862. The van der Waals surface area contributed by atoms with Gasteiger partial charge in [0.05, 0.1) is 6.54 Å². The monoisotopic (exact) mass is 250 g/mol. The number of hydrogen-bond acceptors (Lipinski definition) is 3. The Balaban J connectivity index is 1.89. The minimum Gasteiger partial charge on any atom is -0.455 e. The molecule has 1 aliphatic carbocycles. The first-order chi connectivity index (χ1) is 8.70. The van der Waals surface area contributed by atoms with Gasteiger partial charge < -0.3 is 15.5 Å². The highest BCUT2D eigenvalue weighted by Gasteiger charge is 2.22. The number of nitrogens with one attached hydrogen (secondary N) is 1. The van der Waals surface area contributed by atoms with Gasteiger partial charge in [-0.2, -0.15) is 0 Å². The summed E-state index contributed by atoms with van der Waals surface area (Å²) in [5.74, 6) is 1.47. The van der Waals surface area contributed by atoms with E-state index in [1.807, 2.05) is 0 Å². The van der Waals surface area contributed by atoms with Crippen LogP contribution >= 0.6 is 0 Å². The Bertz CT molecular complexity index is 394.